The standard InChI is InChI=1S/C11H14ClN3O2/c1-17-11(3-2-4-11)7-15-10(16)8-5-14-9(12)6-13-8/h5-6H,2-4,7H2,1H3,(H,15,16). The van der Waals surface area contributed by atoms with Gasteiger partial charge in [-0.1, -0.05) is 11.6 Å². The summed E-state index contributed by atoms with van der Waals surface area (Å²) in [5.41, 5.74) is 0.0789. The summed E-state index contributed by atoms with van der Waals surface area (Å²) in [6.07, 6.45) is 5.82. The molecule has 1 saturated carbocycles. The Kier molecular flexibility index (Phi) is 3.59. The maximum absolute atomic E-state index is 11.7. The lowest BCUT2D eigenvalue weighted by molar-refractivity contribution is -0.0679. The van der Waals surface area contributed by atoms with Gasteiger partial charge in [0.2, 0.25) is 0 Å². The fourth-order valence-electron chi connectivity index (χ4n) is 1.79. The maximum Gasteiger partial charge on any atom is 0.271 e. The second-order valence-corrected chi connectivity index (χ2v) is 4.53. The van der Waals surface area contributed by atoms with Crippen molar-refractivity contribution in [1.82, 2.24) is 15.3 Å². The first-order valence-corrected chi connectivity index (χ1v) is 5.84. The highest BCUT2D eigenvalue weighted by molar-refractivity contribution is 6.29. The molecule has 1 aromatic heterocycles. The molecule has 1 amide bonds. The highest BCUT2D eigenvalue weighted by Gasteiger charge is 2.37. The SMILES string of the molecule is COC1(CNC(=O)c2cnc(Cl)cn2)CCC1. The van der Waals surface area contributed by atoms with Gasteiger partial charge in [0.1, 0.15) is 10.8 Å². The molecule has 0 radical (unpaired) electrons. The monoisotopic (exact) mass is 255 g/mol. The number of hydrogen-bond donors (Lipinski definition) is 1. The summed E-state index contributed by atoms with van der Waals surface area (Å²) in [6, 6.07) is 0. The fraction of sp³-hybridized carbons (Fsp3) is 0.545. The van der Waals surface area contributed by atoms with Crippen molar-refractivity contribution >= 4 is 17.5 Å². The molecule has 0 aromatic carbocycles. The molecule has 1 fully saturated rings. The number of amides is 1. The molecule has 5 nitrogen and oxygen atoms in total. The van der Waals surface area contributed by atoms with Gasteiger partial charge in [0.05, 0.1) is 18.0 Å². The van der Waals surface area contributed by atoms with Crippen LogP contribution < -0.4 is 5.32 Å². The van der Waals surface area contributed by atoms with Crippen LogP contribution >= 0.6 is 11.6 Å². The number of aromatic nitrogens is 2. The van der Waals surface area contributed by atoms with Gasteiger partial charge in [-0.15, -0.1) is 0 Å². The minimum atomic E-state index is -0.252. The number of nitrogens with one attached hydrogen (secondary N) is 1. The first-order chi connectivity index (χ1) is 8.15. The van der Waals surface area contributed by atoms with E-state index in [4.69, 9.17) is 16.3 Å². The van der Waals surface area contributed by atoms with Crippen LogP contribution in [-0.4, -0.2) is 35.1 Å². The normalized spacial score (nSPS) is 17.3. The summed E-state index contributed by atoms with van der Waals surface area (Å²) in [5, 5.41) is 3.07. The lowest BCUT2D eigenvalue weighted by Gasteiger charge is -2.40. The number of methoxy groups -OCH3 is 1. The highest BCUT2D eigenvalue weighted by atomic mass is 35.5. The average molecular weight is 256 g/mol. The van der Waals surface area contributed by atoms with Crippen LogP contribution in [-0.2, 0) is 4.74 Å². The van der Waals surface area contributed by atoms with E-state index in [1.165, 1.54) is 12.4 Å². The molecule has 0 unspecified atom stereocenters. The van der Waals surface area contributed by atoms with Crippen LogP contribution in [0.2, 0.25) is 5.15 Å². The molecule has 6 heteroatoms. The number of nitrogens with zero attached hydrogens (tertiary/aromatic N) is 2. The van der Waals surface area contributed by atoms with E-state index in [2.05, 4.69) is 15.3 Å². The molecule has 0 saturated heterocycles. The second-order valence-electron chi connectivity index (χ2n) is 4.15. The molecule has 1 heterocycles. The molecule has 1 aliphatic rings. The van der Waals surface area contributed by atoms with E-state index in [-0.39, 0.29) is 22.4 Å². The van der Waals surface area contributed by atoms with Gasteiger partial charge in [0.15, 0.2) is 0 Å². The zero-order valence-corrected chi connectivity index (χ0v) is 10.3. The molecule has 17 heavy (non-hydrogen) atoms. The van der Waals surface area contributed by atoms with E-state index in [0.717, 1.165) is 19.3 Å². The zero-order valence-electron chi connectivity index (χ0n) is 9.57. The predicted octanol–water partition coefficient (Wildman–Crippen LogP) is 1.43. The summed E-state index contributed by atoms with van der Waals surface area (Å²) in [6.45, 7) is 0.507. The van der Waals surface area contributed by atoms with Crippen LogP contribution in [0, 0.1) is 0 Å². The van der Waals surface area contributed by atoms with Crippen LogP contribution in [0.15, 0.2) is 12.4 Å². The fourth-order valence-corrected chi connectivity index (χ4v) is 1.88. The molecule has 92 valence electrons. The minimum absolute atomic E-state index is 0.185. The van der Waals surface area contributed by atoms with Crippen molar-refractivity contribution in [3.63, 3.8) is 0 Å². The lowest BCUT2D eigenvalue weighted by Crippen LogP contribution is -2.49. The summed E-state index contributed by atoms with van der Waals surface area (Å²) >= 11 is 5.59. The minimum Gasteiger partial charge on any atom is -0.376 e. The van der Waals surface area contributed by atoms with E-state index in [1.54, 1.807) is 7.11 Å². The van der Waals surface area contributed by atoms with Crippen LogP contribution in [0.25, 0.3) is 0 Å². The largest absolute Gasteiger partial charge is 0.376 e. The van der Waals surface area contributed by atoms with Crippen LogP contribution in [0.5, 0.6) is 0 Å². The zero-order chi connectivity index (χ0) is 12.3. The molecule has 0 bridgehead atoms. The summed E-state index contributed by atoms with van der Waals surface area (Å²) in [5.74, 6) is -0.252. The van der Waals surface area contributed by atoms with Crippen LogP contribution in [0.3, 0.4) is 0 Å². The van der Waals surface area contributed by atoms with E-state index < -0.39 is 0 Å². The molecule has 1 aromatic rings. The summed E-state index contributed by atoms with van der Waals surface area (Å²) in [4.78, 5) is 19.5. The second kappa shape index (κ2) is 4.98. The number of rotatable bonds is 4. The first-order valence-electron chi connectivity index (χ1n) is 5.46. The topological polar surface area (TPSA) is 64.1 Å². The van der Waals surface area contributed by atoms with Gasteiger partial charge in [-0.2, -0.15) is 0 Å². The van der Waals surface area contributed by atoms with Crippen molar-refractivity contribution in [2.24, 2.45) is 0 Å². The van der Waals surface area contributed by atoms with Gasteiger partial charge in [-0.3, -0.25) is 4.79 Å². The Balaban J connectivity index is 1.91. The number of ether oxygens (including phenoxy) is 1. The van der Waals surface area contributed by atoms with E-state index >= 15 is 0 Å². The Labute approximate surface area is 105 Å². The van der Waals surface area contributed by atoms with Crippen molar-refractivity contribution in [2.75, 3.05) is 13.7 Å². The van der Waals surface area contributed by atoms with Gasteiger partial charge < -0.3 is 10.1 Å². The van der Waals surface area contributed by atoms with Gasteiger partial charge in [-0.25, -0.2) is 9.97 Å². The average Bonchev–Trinajstić information content (AvgIpc) is 2.29. The smallest absolute Gasteiger partial charge is 0.271 e. The number of hydrogen-bond acceptors (Lipinski definition) is 4. The Hall–Kier alpha value is -1.20. The molecular weight excluding hydrogens is 242 g/mol. The molecule has 2 rings (SSSR count). The third-order valence-corrected chi connectivity index (χ3v) is 3.32. The van der Waals surface area contributed by atoms with E-state index in [9.17, 15) is 4.79 Å². The molecule has 1 N–H and O–H groups in total. The third-order valence-electron chi connectivity index (χ3n) is 3.12. The number of halogens is 1. The highest BCUT2D eigenvalue weighted by Crippen LogP contribution is 2.34. The Morgan fingerprint density at radius 1 is 1.53 bits per heavy atom. The molecule has 0 aliphatic heterocycles. The quantitative estimate of drug-likeness (QED) is 0.884. The van der Waals surface area contributed by atoms with Crippen molar-refractivity contribution in [1.29, 1.82) is 0 Å². The predicted molar refractivity (Wildman–Crippen MR) is 63.0 cm³/mol. The summed E-state index contributed by atoms with van der Waals surface area (Å²) in [7, 11) is 1.67. The van der Waals surface area contributed by atoms with Crippen molar-refractivity contribution < 1.29 is 9.53 Å². The van der Waals surface area contributed by atoms with Gasteiger partial charge >= 0.3 is 0 Å². The molecule has 0 atom stereocenters. The Morgan fingerprint density at radius 2 is 2.29 bits per heavy atom. The molecule has 1 aliphatic carbocycles. The van der Waals surface area contributed by atoms with Gasteiger partial charge in [0.25, 0.3) is 5.91 Å². The van der Waals surface area contributed by atoms with Crippen LogP contribution in [0.1, 0.15) is 29.8 Å². The maximum atomic E-state index is 11.7. The van der Waals surface area contributed by atoms with Gasteiger partial charge in [0, 0.05) is 13.7 Å². The molecule has 0 spiro atoms. The third kappa shape index (κ3) is 2.73. The number of carbonyl (C=O) groups excluding carboxylic acids is 1. The summed E-state index contributed by atoms with van der Waals surface area (Å²) < 4.78 is 5.41. The van der Waals surface area contributed by atoms with Gasteiger partial charge in [-0.05, 0) is 19.3 Å². The van der Waals surface area contributed by atoms with Crippen molar-refractivity contribution in [3.8, 4) is 0 Å². The molecular formula is C11H14ClN3O2. The van der Waals surface area contributed by atoms with E-state index in [0.29, 0.717) is 6.54 Å². The number of carbonyl (C=O) groups is 1. The van der Waals surface area contributed by atoms with E-state index in [1.807, 2.05) is 0 Å². The van der Waals surface area contributed by atoms with Crippen molar-refractivity contribution in [2.45, 2.75) is 24.9 Å². The Bertz CT molecular complexity index is 398. The Morgan fingerprint density at radius 3 is 2.76 bits per heavy atom. The first kappa shape index (κ1) is 12.3. The van der Waals surface area contributed by atoms with Crippen LogP contribution in [0.4, 0.5) is 0 Å². The van der Waals surface area contributed by atoms with Crippen molar-refractivity contribution in [3.05, 3.63) is 23.2 Å². The lowest BCUT2D eigenvalue weighted by atomic mass is 9.80.